The number of aryl methyl sites for hydroxylation is 1. The quantitative estimate of drug-likeness (QED) is 0.817. The van der Waals surface area contributed by atoms with Gasteiger partial charge in [0.15, 0.2) is 0 Å². The zero-order valence-electron chi connectivity index (χ0n) is 10.5. The minimum atomic E-state index is -1.81. The molecule has 0 fully saturated rings. The van der Waals surface area contributed by atoms with Gasteiger partial charge >= 0.3 is 7.12 Å². The molecule has 2 rings (SSSR count). The van der Waals surface area contributed by atoms with Gasteiger partial charge in [-0.3, -0.25) is 0 Å². The average molecular weight is 260 g/mol. The van der Waals surface area contributed by atoms with Gasteiger partial charge in [-0.25, -0.2) is 4.39 Å². The number of ether oxygens (including phenoxy) is 1. The lowest BCUT2D eigenvalue weighted by molar-refractivity contribution is 0.304. The van der Waals surface area contributed by atoms with Crippen molar-refractivity contribution < 1.29 is 19.2 Å². The van der Waals surface area contributed by atoms with Crippen LogP contribution in [0, 0.1) is 12.7 Å². The van der Waals surface area contributed by atoms with Crippen LogP contribution in [0.3, 0.4) is 0 Å². The Bertz CT molecular complexity index is 572. The molecule has 0 aliphatic rings. The van der Waals surface area contributed by atoms with Gasteiger partial charge in [-0.15, -0.1) is 0 Å². The van der Waals surface area contributed by atoms with Gasteiger partial charge in [0.25, 0.3) is 0 Å². The van der Waals surface area contributed by atoms with Crippen molar-refractivity contribution >= 4 is 12.6 Å². The van der Waals surface area contributed by atoms with Crippen LogP contribution in [0.25, 0.3) is 0 Å². The number of rotatable bonds is 4. The third-order valence-corrected chi connectivity index (χ3v) is 2.74. The summed E-state index contributed by atoms with van der Waals surface area (Å²) in [4.78, 5) is 0. The van der Waals surface area contributed by atoms with E-state index in [2.05, 4.69) is 0 Å². The van der Waals surface area contributed by atoms with E-state index in [9.17, 15) is 4.39 Å². The van der Waals surface area contributed by atoms with Crippen molar-refractivity contribution in [3.05, 3.63) is 59.4 Å². The second-order valence-electron chi connectivity index (χ2n) is 4.33. The molecule has 0 aliphatic carbocycles. The van der Waals surface area contributed by atoms with Crippen LogP contribution >= 0.6 is 0 Å². The van der Waals surface area contributed by atoms with Crippen molar-refractivity contribution in [1.29, 1.82) is 0 Å². The molecule has 2 aromatic rings. The minimum Gasteiger partial charge on any atom is -0.489 e. The Morgan fingerprint density at radius 1 is 1.16 bits per heavy atom. The van der Waals surface area contributed by atoms with E-state index in [0.29, 0.717) is 12.4 Å². The molecular weight excluding hydrogens is 246 g/mol. The molecule has 0 aromatic heterocycles. The van der Waals surface area contributed by atoms with E-state index in [1.807, 2.05) is 31.2 Å². The maximum atomic E-state index is 13.5. The fourth-order valence-electron chi connectivity index (χ4n) is 1.78. The Morgan fingerprint density at radius 3 is 2.58 bits per heavy atom. The molecule has 0 aliphatic heterocycles. The first kappa shape index (κ1) is 13.6. The van der Waals surface area contributed by atoms with Crippen LogP contribution in [0.1, 0.15) is 11.1 Å². The summed E-state index contributed by atoms with van der Waals surface area (Å²) in [5, 5.41) is 17.8. The second kappa shape index (κ2) is 5.86. The van der Waals surface area contributed by atoms with Crippen molar-refractivity contribution in [3.8, 4) is 5.75 Å². The molecule has 0 saturated heterocycles. The van der Waals surface area contributed by atoms with Gasteiger partial charge in [0.2, 0.25) is 0 Å². The van der Waals surface area contributed by atoms with Crippen molar-refractivity contribution in [2.24, 2.45) is 0 Å². The molecule has 0 unspecified atom stereocenters. The molecule has 0 bridgehead atoms. The van der Waals surface area contributed by atoms with E-state index in [0.717, 1.165) is 17.2 Å². The normalized spacial score (nSPS) is 10.3. The molecular formula is C14H14BFO3. The third-order valence-electron chi connectivity index (χ3n) is 2.74. The lowest BCUT2D eigenvalue weighted by atomic mass is 9.80. The first-order valence-corrected chi connectivity index (χ1v) is 5.90. The van der Waals surface area contributed by atoms with E-state index in [1.54, 1.807) is 0 Å². The maximum absolute atomic E-state index is 13.5. The van der Waals surface area contributed by atoms with Gasteiger partial charge in [0.1, 0.15) is 18.2 Å². The van der Waals surface area contributed by atoms with Crippen molar-refractivity contribution in [1.82, 2.24) is 0 Å². The second-order valence-corrected chi connectivity index (χ2v) is 4.33. The number of hydrogen-bond acceptors (Lipinski definition) is 3. The van der Waals surface area contributed by atoms with E-state index < -0.39 is 12.9 Å². The van der Waals surface area contributed by atoms with Gasteiger partial charge in [-0.2, -0.15) is 0 Å². The van der Waals surface area contributed by atoms with Crippen LogP contribution in [-0.2, 0) is 6.61 Å². The summed E-state index contributed by atoms with van der Waals surface area (Å²) in [6.07, 6.45) is 0. The van der Waals surface area contributed by atoms with E-state index >= 15 is 0 Å². The van der Waals surface area contributed by atoms with E-state index in [1.165, 1.54) is 12.1 Å². The predicted octanol–water partition coefficient (Wildman–Crippen LogP) is 1.39. The highest BCUT2D eigenvalue weighted by atomic mass is 19.1. The fourth-order valence-corrected chi connectivity index (χ4v) is 1.78. The molecule has 0 saturated carbocycles. The zero-order chi connectivity index (χ0) is 13.8. The summed E-state index contributed by atoms with van der Waals surface area (Å²) in [6, 6.07) is 11.8. The average Bonchev–Trinajstić information content (AvgIpc) is 2.36. The van der Waals surface area contributed by atoms with Crippen molar-refractivity contribution in [3.63, 3.8) is 0 Å². The Labute approximate surface area is 111 Å². The highest BCUT2D eigenvalue weighted by Gasteiger charge is 2.16. The van der Waals surface area contributed by atoms with E-state index in [-0.39, 0.29) is 5.46 Å². The monoisotopic (exact) mass is 260 g/mol. The van der Waals surface area contributed by atoms with Gasteiger partial charge in [-0.1, -0.05) is 35.9 Å². The van der Waals surface area contributed by atoms with Gasteiger partial charge < -0.3 is 14.8 Å². The highest BCUT2D eigenvalue weighted by molar-refractivity contribution is 6.58. The van der Waals surface area contributed by atoms with Gasteiger partial charge in [0.05, 0.1) is 0 Å². The third kappa shape index (κ3) is 3.56. The lowest BCUT2D eigenvalue weighted by Gasteiger charge is -2.08. The summed E-state index contributed by atoms with van der Waals surface area (Å²) in [5.41, 5.74) is 1.96. The molecule has 98 valence electrons. The van der Waals surface area contributed by atoms with Crippen molar-refractivity contribution in [2.75, 3.05) is 0 Å². The van der Waals surface area contributed by atoms with Crippen LogP contribution in [0.2, 0.25) is 0 Å². The van der Waals surface area contributed by atoms with Crippen LogP contribution in [0.15, 0.2) is 42.5 Å². The topological polar surface area (TPSA) is 49.7 Å². The Morgan fingerprint density at radius 2 is 1.95 bits per heavy atom. The highest BCUT2D eigenvalue weighted by Crippen LogP contribution is 2.14. The standard InChI is InChI=1S/C14H14BFO3/c1-10-3-2-4-11(7-10)9-19-12-5-6-13(15(17)18)14(16)8-12/h2-8,17-18H,9H2,1H3. The first-order chi connectivity index (χ1) is 9.06. The molecule has 3 nitrogen and oxygen atoms in total. The van der Waals surface area contributed by atoms with Crippen LogP contribution in [0.5, 0.6) is 5.75 Å². The minimum absolute atomic E-state index is 0.164. The molecule has 19 heavy (non-hydrogen) atoms. The predicted molar refractivity (Wildman–Crippen MR) is 71.7 cm³/mol. The number of benzene rings is 2. The molecule has 5 heteroatoms. The van der Waals surface area contributed by atoms with Crippen LogP contribution in [0.4, 0.5) is 4.39 Å². The maximum Gasteiger partial charge on any atom is 0.491 e. The molecule has 0 heterocycles. The first-order valence-electron chi connectivity index (χ1n) is 5.90. The molecule has 2 N–H and O–H groups in total. The lowest BCUT2D eigenvalue weighted by Crippen LogP contribution is -2.32. The van der Waals surface area contributed by atoms with Crippen molar-refractivity contribution in [2.45, 2.75) is 13.5 Å². The summed E-state index contributed by atoms with van der Waals surface area (Å²) in [5.74, 6) is -0.347. The Kier molecular flexibility index (Phi) is 4.19. The van der Waals surface area contributed by atoms with E-state index in [4.69, 9.17) is 14.8 Å². The SMILES string of the molecule is Cc1cccc(COc2ccc(B(O)O)c(F)c2)c1. The Hall–Kier alpha value is -1.85. The molecule has 0 atom stereocenters. The largest absolute Gasteiger partial charge is 0.491 e. The summed E-state index contributed by atoms with van der Waals surface area (Å²) in [6.45, 7) is 2.32. The summed E-state index contributed by atoms with van der Waals surface area (Å²) >= 11 is 0. The van der Waals surface area contributed by atoms with Gasteiger partial charge in [0, 0.05) is 11.5 Å². The van der Waals surface area contributed by atoms with Crippen LogP contribution < -0.4 is 10.2 Å². The molecule has 2 aromatic carbocycles. The Balaban J connectivity index is 2.06. The van der Waals surface area contributed by atoms with Crippen LogP contribution in [-0.4, -0.2) is 17.2 Å². The molecule has 0 radical (unpaired) electrons. The fraction of sp³-hybridized carbons (Fsp3) is 0.143. The number of halogens is 1. The smallest absolute Gasteiger partial charge is 0.489 e. The summed E-state index contributed by atoms with van der Waals surface area (Å²) in [7, 11) is -1.81. The summed E-state index contributed by atoms with van der Waals surface area (Å²) < 4.78 is 19.0. The molecule has 0 spiro atoms. The zero-order valence-corrected chi connectivity index (χ0v) is 10.5. The van der Waals surface area contributed by atoms with Gasteiger partial charge in [-0.05, 0) is 18.6 Å². The molecule has 0 amide bonds. The number of hydrogen-bond donors (Lipinski definition) is 2.